The Bertz CT molecular complexity index is 1100. The van der Waals surface area contributed by atoms with Crippen LogP contribution in [0.4, 0.5) is 0 Å². The van der Waals surface area contributed by atoms with Crippen LogP contribution < -0.4 is 5.56 Å². The van der Waals surface area contributed by atoms with E-state index in [1.165, 1.54) is 12.8 Å². The molecule has 7 nitrogen and oxygen atoms in total. The number of ether oxygens (including phenoxy) is 1. The number of methoxy groups -OCH3 is 1. The molecular weight excluding hydrogens is 374 g/mol. The van der Waals surface area contributed by atoms with Crippen molar-refractivity contribution in [2.45, 2.75) is 39.4 Å². The van der Waals surface area contributed by atoms with E-state index in [0.29, 0.717) is 35.8 Å². The molecule has 28 heavy (non-hydrogen) atoms. The highest BCUT2D eigenvalue weighted by molar-refractivity contribution is 7.71. The lowest BCUT2D eigenvalue weighted by Crippen LogP contribution is -2.29. The molecule has 4 rings (SSSR count). The standard InChI is InChI=1S/C20H27N5O2S/c1-3-22(13-15-9-10-15)14-24-20(28)25-17-8-5-4-7-16(17)18(26)23(19(25)21-24)11-6-12-27-2/h4-5,7-8,15H,3,6,9-14H2,1-2H3. The lowest BCUT2D eigenvalue weighted by atomic mass is 10.2. The molecule has 1 aliphatic carbocycles. The number of para-hydroxylation sites is 1. The Labute approximate surface area is 169 Å². The minimum Gasteiger partial charge on any atom is -0.385 e. The molecule has 1 aromatic carbocycles. The van der Waals surface area contributed by atoms with E-state index in [-0.39, 0.29) is 5.56 Å². The van der Waals surface area contributed by atoms with Gasteiger partial charge in [-0.05, 0) is 56.1 Å². The van der Waals surface area contributed by atoms with Gasteiger partial charge in [-0.25, -0.2) is 4.68 Å². The Morgan fingerprint density at radius 1 is 1.32 bits per heavy atom. The quantitative estimate of drug-likeness (QED) is 0.408. The smallest absolute Gasteiger partial charge is 0.262 e. The number of rotatable bonds is 9. The van der Waals surface area contributed by atoms with E-state index in [2.05, 4.69) is 11.8 Å². The molecular formula is C20H27N5O2S. The number of hydrogen-bond acceptors (Lipinski definition) is 5. The largest absolute Gasteiger partial charge is 0.385 e. The van der Waals surface area contributed by atoms with E-state index in [4.69, 9.17) is 22.1 Å². The maximum absolute atomic E-state index is 13.1. The number of hydrogen-bond donors (Lipinski definition) is 0. The first-order valence-electron chi connectivity index (χ1n) is 9.96. The van der Waals surface area contributed by atoms with Gasteiger partial charge < -0.3 is 4.74 Å². The van der Waals surface area contributed by atoms with Gasteiger partial charge in [0.2, 0.25) is 10.5 Å². The fraction of sp³-hybridized carbons (Fsp3) is 0.550. The maximum atomic E-state index is 13.1. The van der Waals surface area contributed by atoms with Crippen molar-refractivity contribution >= 4 is 28.9 Å². The summed E-state index contributed by atoms with van der Waals surface area (Å²) in [6.45, 7) is 5.98. The molecule has 2 heterocycles. The summed E-state index contributed by atoms with van der Waals surface area (Å²) in [6, 6.07) is 7.61. The van der Waals surface area contributed by atoms with Crippen LogP contribution in [0.3, 0.4) is 0 Å². The number of aryl methyl sites for hydroxylation is 1. The maximum Gasteiger partial charge on any atom is 0.262 e. The van der Waals surface area contributed by atoms with Gasteiger partial charge >= 0.3 is 0 Å². The molecule has 0 amide bonds. The Morgan fingerprint density at radius 2 is 2.11 bits per heavy atom. The van der Waals surface area contributed by atoms with Crippen LogP contribution in [0.1, 0.15) is 26.2 Å². The average Bonchev–Trinajstić information content (AvgIpc) is 3.47. The van der Waals surface area contributed by atoms with Crippen LogP contribution in [-0.2, 0) is 18.0 Å². The molecule has 8 heteroatoms. The fourth-order valence-electron chi connectivity index (χ4n) is 3.67. The van der Waals surface area contributed by atoms with E-state index in [9.17, 15) is 4.79 Å². The summed E-state index contributed by atoms with van der Waals surface area (Å²) in [7, 11) is 1.67. The SMILES string of the molecule is CCN(CC1CC1)Cn1nc2n(CCCOC)c(=O)c3ccccc3n2c1=S. The minimum absolute atomic E-state index is 0.0309. The molecule has 0 saturated heterocycles. The lowest BCUT2D eigenvalue weighted by molar-refractivity contribution is 0.190. The van der Waals surface area contributed by atoms with Crippen molar-refractivity contribution in [1.82, 2.24) is 23.6 Å². The summed E-state index contributed by atoms with van der Waals surface area (Å²) in [5, 5.41) is 5.43. The molecule has 0 aliphatic heterocycles. The zero-order valence-corrected chi connectivity index (χ0v) is 17.3. The van der Waals surface area contributed by atoms with E-state index in [0.717, 1.165) is 30.9 Å². The van der Waals surface area contributed by atoms with Crippen molar-refractivity contribution in [3.8, 4) is 0 Å². The van der Waals surface area contributed by atoms with Crippen molar-refractivity contribution in [3.63, 3.8) is 0 Å². The number of nitrogens with zero attached hydrogens (tertiary/aromatic N) is 5. The molecule has 2 aromatic heterocycles. The number of aromatic nitrogens is 4. The van der Waals surface area contributed by atoms with Gasteiger partial charge in [-0.1, -0.05) is 19.1 Å². The highest BCUT2D eigenvalue weighted by atomic mass is 32.1. The monoisotopic (exact) mass is 401 g/mol. The molecule has 150 valence electrons. The summed E-state index contributed by atoms with van der Waals surface area (Å²) in [5.74, 6) is 1.41. The van der Waals surface area contributed by atoms with Crippen molar-refractivity contribution < 1.29 is 4.74 Å². The van der Waals surface area contributed by atoms with Crippen LogP contribution in [0.25, 0.3) is 16.7 Å². The molecule has 0 radical (unpaired) electrons. The molecule has 0 atom stereocenters. The van der Waals surface area contributed by atoms with Crippen molar-refractivity contribution in [3.05, 3.63) is 39.4 Å². The van der Waals surface area contributed by atoms with E-state index < -0.39 is 0 Å². The summed E-state index contributed by atoms with van der Waals surface area (Å²) in [5.41, 5.74) is 0.781. The fourth-order valence-corrected chi connectivity index (χ4v) is 3.95. The zero-order chi connectivity index (χ0) is 19.7. The van der Waals surface area contributed by atoms with Gasteiger partial charge in [0.15, 0.2) is 0 Å². The first-order chi connectivity index (χ1) is 13.6. The van der Waals surface area contributed by atoms with Gasteiger partial charge in [-0.2, -0.15) is 0 Å². The normalized spacial score (nSPS) is 14.5. The van der Waals surface area contributed by atoms with Gasteiger partial charge in [0.05, 0.1) is 17.6 Å². The Kier molecular flexibility index (Phi) is 5.61. The molecule has 1 aliphatic rings. The second kappa shape index (κ2) is 8.14. The van der Waals surface area contributed by atoms with Crippen LogP contribution in [0.5, 0.6) is 0 Å². The van der Waals surface area contributed by atoms with Gasteiger partial charge in [0, 0.05) is 26.8 Å². The Hall–Kier alpha value is -2.03. The predicted octanol–water partition coefficient (Wildman–Crippen LogP) is 2.91. The third-order valence-electron chi connectivity index (χ3n) is 5.41. The lowest BCUT2D eigenvalue weighted by Gasteiger charge is -2.19. The van der Waals surface area contributed by atoms with Crippen molar-refractivity contribution in [2.75, 3.05) is 26.8 Å². The highest BCUT2D eigenvalue weighted by Gasteiger charge is 2.24. The molecule has 0 unspecified atom stereocenters. The van der Waals surface area contributed by atoms with Crippen LogP contribution >= 0.6 is 12.2 Å². The van der Waals surface area contributed by atoms with E-state index in [1.54, 1.807) is 11.7 Å². The zero-order valence-electron chi connectivity index (χ0n) is 16.5. The summed E-state index contributed by atoms with van der Waals surface area (Å²) in [6.07, 6.45) is 3.38. The summed E-state index contributed by atoms with van der Waals surface area (Å²) >= 11 is 5.78. The Balaban J connectivity index is 1.83. The average molecular weight is 402 g/mol. The van der Waals surface area contributed by atoms with Gasteiger partial charge in [0.25, 0.3) is 5.56 Å². The van der Waals surface area contributed by atoms with Crippen LogP contribution in [0, 0.1) is 10.7 Å². The van der Waals surface area contributed by atoms with Gasteiger partial charge in [-0.15, -0.1) is 5.10 Å². The summed E-state index contributed by atoms with van der Waals surface area (Å²) < 4.78 is 11.3. The third kappa shape index (κ3) is 3.64. The van der Waals surface area contributed by atoms with Crippen LogP contribution in [-0.4, -0.2) is 50.5 Å². The molecule has 1 fully saturated rings. The number of benzene rings is 1. The predicted molar refractivity (Wildman–Crippen MR) is 112 cm³/mol. The van der Waals surface area contributed by atoms with Crippen molar-refractivity contribution in [2.24, 2.45) is 5.92 Å². The van der Waals surface area contributed by atoms with E-state index in [1.807, 2.05) is 33.3 Å². The first-order valence-corrected chi connectivity index (χ1v) is 10.4. The van der Waals surface area contributed by atoms with Gasteiger partial charge in [-0.3, -0.25) is 18.7 Å². The molecule has 0 spiro atoms. The second-order valence-corrected chi connectivity index (χ2v) is 7.86. The third-order valence-corrected chi connectivity index (χ3v) is 5.80. The van der Waals surface area contributed by atoms with Crippen LogP contribution in [0.2, 0.25) is 0 Å². The van der Waals surface area contributed by atoms with Crippen molar-refractivity contribution in [1.29, 1.82) is 0 Å². The Morgan fingerprint density at radius 3 is 2.82 bits per heavy atom. The molecule has 1 saturated carbocycles. The first kappa shape index (κ1) is 19.3. The molecule has 3 aromatic rings. The molecule has 0 bridgehead atoms. The van der Waals surface area contributed by atoms with Crippen LogP contribution in [0.15, 0.2) is 29.1 Å². The summed E-state index contributed by atoms with van der Waals surface area (Å²) in [4.78, 5) is 15.5. The second-order valence-electron chi connectivity index (χ2n) is 7.49. The topological polar surface area (TPSA) is 56.7 Å². The van der Waals surface area contributed by atoms with E-state index >= 15 is 0 Å². The highest BCUT2D eigenvalue weighted by Crippen LogP contribution is 2.29. The number of fused-ring (bicyclic) bond motifs is 3. The minimum atomic E-state index is -0.0309. The van der Waals surface area contributed by atoms with Gasteiger partial charge in [0.1, 0.15) is 0 Å². The molecule has 0 N–H and O–H groups in total.